The lowest BCUT2D eigenvalue weighted by molar-refractivity contribution is -0.136. The van der Waals surface area contributed by atoms with Crippen molar-refractivity contribution in [1.29, 1.82) is 0 Å². The molecule has 4 aromatic rings. The Morgan fingerprint density at radius 3 is 2.67 bits per heavy atom. The van der Waals surface area contributed by atoms with E-state index >= 15 is 0 Å². The van der Waals surface area contributed by atoms with E-state index in [4.69, 9.17) is 26.2 Å². The molecule has 40 heavy (non-hydrogen) atoms. The van der Waals surface area contributed by atoms with Crippen molar-refractivity contribution in [2.24, 2.45) is 0 Å². The number of hydrogen-bond acceptors (Lipinski definition) is 8. The molecule has 1 aliphatic rings. The Morgan fingerprint density at radius 2 is 1.98 bits per heavy atom. The number of halogens is 3. The fourth-order valence-electron chi connectivity index (χ4n) is 4.71. The first kappa shape index (κ1) is 28.3. The number of benzene rings is 2. The number of carboxylic acid groups (broad SMARTS) is 1. The summed E-state index contributed by atoms with van der Waals surface area (Å²) in [7, 11) is 3.11. The Morgan fingerprint density at radius 1 is 1.18 bits per heavy atom. The van der Waals surface area contributed by atoms with Gasteiger partial charge in [0, 0.05) is 35.0 Å². The fourth-order valence-corrected chi connectivity index (χ4v) is 7.49. The minimum Gasteiger partial charge on any atom is -0.493 e. The lowest BCUT2D eigenvalue weighted by Gasteiger charge is -2.23. The van der Waals surface area contributed by atoms with Gasteiger partial charge < -0.3 is 14.6 Å². The third-order valence-electron chi connectivity index (χ3n) is 6.44. The Hall–Kier alpha value is -3.22. The lowest BCUT2D eigenvalue weighted by atomic mass is 10.0. The summed E-state index contributed by atoms with van der Waals surface area (Å²) in [6.07, 6.45) is 2.38. The van der Waals surface area contributed by atoms with Gasteiger partial charge in [-0.2, -0.15) is 8.78 Å². The number of carboxylic acids is 1. The number of nitrogens with zero attached hydrogens (tertiary/aromatic N) is 4. The molecule has 13 heteroatoms. The van der Waals surface area contributed by atoms with Crippen LogP contribution in [0.5, 0.6) is 11.5 Å². The highest BCUT2D eigenvalue weighted by Gasteiger charge is 2.40. The molecule has 0 aliphatic carbocycles. The van der Waals surface area contributed by atoms with E-state index in [-0.39, 0.29) is 6.42 Å². The van der Waals surface area contributed by atoms with E-state index in [1.54, 1.807) is 44.7 Å². The van der Waals surface area contributed by atoms with Crippen LogP contribution < -0.4 is 9.47 Å². The quantitative estimate of drug-likeness (QED) is 0.226. The van der Waals surface area contributed by atoms with Gasteiger partial charge in [0.15, 0.2) is 17.3 Å². The van der Waals surface area contributed by atoms with Gasteiger partial charge >= 0.3 is 11.9 Å². The minimum absolute atomic E-state index is 0.00312. The smallest absolute Gasteiger partial charge is 0.304 e. The molecule has 0 bridgehead atoms. The van der Waals surface area contributed by atoms with Crippen molar-refractivity contribution in [2.45, 2.75) is 42.6 Å². The van der Waals surface area contributed by atoms with Crippen LogP contribution in [0, 0.1) is 0 Å². The number of alkyl halides is 2. The molecule has 5 rings (SSSR count). The summed E-state index contributed by atoms with van der Waals surface area (Å²) >= 11 is 9.37. The number of aromatic nitrogens is 4. The van der Waals surface area contributed by atoms with Gasteiger partial charge in [0.2, 0.25) is 5.82 Å². The largest absolute Gasteiger partial charge is 0.493 e. The molecule has 8 nitrogen and oxygen atoms in total. The van der Waals surface area contributed by atoms with E-state index in [2.05, 4.69) is 15.2 Å². The van der Waals surface area contributed by atoms with Crippen LogP contribution >= 0.6 is 34.7 Å². The zero-order valence-electron chi connectivity index (χ0n) is 21.7. The van der Waals surface area contributed by atoms with Gasteiger partial charge in [-0.15, -0.1) is 33.3 Å². The molecule has 2 aromatic heterocycles. The predicted molar refractivity (Wildman–Crippen MR) is 149 cm³/mol. The number of thioether (sulfide) groups is 1. The number of methoxy groups -OCH3 is 2. The maximum absolute atomic E-state index is 14.9. The highest BCUT2D eigenvalue weighted by molar-refractivity contribution is 8.00. The first-order valence-electron chi connectivity index (χ1n) is 12.3. The Labute approximate surface area is 242 Å². The van der Waals surface area contributed by atoms with Crippen LogP contribution in [0.1, 0.15) is 56.5 Å². The lowest BCUT2D eigenvalue weighted by Crippen LogP contribution is -2.17. The normalized spacial score (nSPS) is 16.6. The first-order valence-corrected chi connectivity index (χ1v) is 14.4. The number of thiazole rings is 1. The highest BCUT2D eigenvalue weighted by Crippen LogP contribution is 2.54. The number of aryl methyl sites for hydroxylation is 1. The second-order valence-corrected chi connectivity index (χ2v) is 12.2. The van der Waals surface area contributed by atoms with E-state index in [9.17, 15) is 13.6 Å². The van der Waals surface area contributed by atoms with Gasteiger partial charge in [0.25, 0.3) is 0 Å². The number of rotatable bonds is 9. The van der Waals surface area contributed by atoms with Crippen LogP contribution in [-0.2, 0) is 23.6 Å². The fraction of sp³-hybridized carbons (Fsp3) is 0.333. The minimum atomic E-state index is -3.27. The van der Waals surface area contributed by atoms with E-state index in [1.807, 2.05) is 12.1 Å². The van der Waals surface area contributed by atoms with Gasteiger partial charge in [-0.05, 0) is 36.2 Å². The third-order valence-corrected chi connectivity index (χ3v) is 9.25. The molecular formula is C27H25ClF2N4O4S2. The maximum Gasteiger partial charge on any atom is 0.304 e. The molecule has 3 heterocycles. The number of hydrogen-bond donors (Lipinski definition) is 1. The van der Waals surface area contributed by atoms with Crippen LogP contribution in [0.3, 0.4) is 0 Å². The molecule has 1 aliphatic heterocycles. The molecule has 0 spiro atoms. The van der Waals surface area contributed by atoms with Crippen LogP contribution in [-0.4, -0.2) is 45.0 Å². The van der Waals surface area contributed by atoms with Crippen LogP contribution in [0.4, 0.5) is 8.78 Å². The number of aliphatic carboxylic acids is 1. The van der Waals surface area contributed by atoms with Crippen LogP contribution in [0.25, 0.3) is 5.69 Å². The van der Waals surface area contributed by atoms with Crippen LogP contribution in [0.15, 0.2) is 42.6 Å². The molecule has 210 valence electrons. The monoisotopic (exact) mass is 606 g/mol. The third kappa shape index (κ3) is 5.52. The zero-order valence-corrected chi connectivity index (χ0v) is 24.1. The van der Waals surface area contributed by atoms with Crippen molar-refractivity contribution in [1.82, 2.24) is 19.7 Å². The summed E-state index contributed by atoms with van der Waals surface area (Å²) in [4.78, 5) is 16.4. The maximum atomic E-state index is 14.9. The average Bonchev–Trinajstić information content (AvgIpc) is 3.54. The summed E-state index contributed by atoms with van der Waals surface area (Å²) in [5.41, 5.74) is 1.97. The topological polar surface area (TPSA) is 99.4 Å². The molecule has 0 unspecified atom stereocenters. The van der Waals surface area contributed by atoms with Crippen molar-refractivity contribution in [3.8, 4) is 17.2 Å². The Kier molecular flexibility index (Phi) is 8.03. The van der Waals surface area contributed by atoms with Gasteiger partial charge in [0.05, 0.1) is 41.8 Å². The number of para-hydroxylation sites is 1. The van der Waals surface area contributed by atoms with E-state index in [0.29, 0.717) is 46.4 Å². The molecule has 1 N–H and O–H groups in total. The highest BCUT2D eigenvalue weighted by atomic mass is 35.5. The molecule has 2 atom stereocenters. The number of fused-ring (bicyclic) bond motifs is 3. The molecule has 0 amide bonds. The molecule has 2 aromatic carbocycles. The summed E-state index contributed by atoms with van der Waals surface area (Å²) in [6.45, 7) is 0.797. The van der Waals surface area contributed by atoms with Crippen molar-refractivity contribution < 1.29 is 28.2 Å². The van der Waals surface area contributed by atoms with Gasteiger partial charge in [-0.25, -0.2) is 4.98 Å². The molecule has 0 saturated carbocycles. The molecule has 0 fully saturated rings. The van der Waals surface area contributed by atoms with E-state index in [1.165, 1.54) is 27.7 Å². The van der Waals surface area contributed by atoms with Crippen molar-refractivity contribution in [3.05, 3.63) is 80.3 Å². The molecular weight excluding hydrogens is 582 g/mol. The Balaban J connectivity index is 1.68. The molecule has 0 radical (unpaired) electrons. The van der Waals surface area contributed by atoms with Gasteiger partial charge in [-0.1, -0.05) is 23.7 Å². The van der Waals surface area contributed by atoms with Crippen molar-refractivity contribution >= 4 is 40.7 Å². The van der Waals surface area contributed by atoms with Crippen molar-refractivity contribution in [3.63, 3.8) is 0 Å². The summed E-state index contributed by atoms with van der Waals surface area (Å²) in [5.74, 6) is -3.21. The number of carbonyl (C=O) groups is 1. The summed E-state index contributed by atoms with van der Waals surface area (Å²) < 4.78 is 42.5. The van der Waals surface area contributed by atoms with Gasteiger partial charge in [-0.3, -0.25) is 9.36 Å². The van der Waals surface area contributed by atoms with Crippen molar-refractivity contribution in [2.75, 3.05) is 14.2 Å². The van der Waals surface area contributed by atoms with Gasteiger partial charge in [0.1, 0.15) is 0 Å². The standard InChI is InChI=1S/C27H25ClF2N4O4S2/c1-27(29,30)26-33-32-25-20(12-21-31-13-15(39-21)8-10-22(35)36)40-24(16-5-4-6-19(37-2)23(16)38-3)17-11-14(28)7-9-18(17)34(25)26/h4-7,9,11,13,20,24H,8,10,12H2,1-3H3,(H,35,36)/t20-,24-/m1/s1. The zero-order chi connectivity index (χ0) is 28.6. The first-order chi connectivity index (χ1) is 19.1. The summed E-state index contributed by atoms with van der Waals surface area (Å²) in [6, 6.07) is 10.7. The second-order valence-electron chi connectivity index (χ2n) is 9.21. The van der Waals surface area contributed by atoms with Crippen LogP contribution in [0.2, 0.25) is 5.02 Å². The summed E-state index contributed by atoms with van der Waals surface area (Å²) in [5, 5.41) is 17.6. The Bertz CT molecular complexity index is 1560. The second kappa shape index (κ2) is 11.3. The number of ether oxygens (including phenoxy) is 2. The molecule has 0 saturated heterocycles. The predicted octanol–water partition coefficient (Wildman–Crippen LogP) is 6.64. The SMILES string of the molecule is COc1cccc([C@H]2S[C@H](Cc3ncc(CCC(=O)O)s3)c3nnc(C(C)(F)F)n3-c3ccc(Cl)cc32)c1OC. The van der Waals surface area contributed by atoms with E-state index < -0.39 is 28.2 Å². The average molecular weight is 607 g/mol. The van der Waals surface area contributed by atoms with E-state index in [0.717, 1.165) is 22.4 Å².